The molecular formula is C35H30N3OPtS2-3. The summed E-state index contributed by atoms with van der Waals surface area (Å²) in [5.41, 5.74) is 6.71. The van der Waals surface area contributed by atoms with E-state index >= 15 is 0 Å². The summed E-state index contributed by atoms with van der Waals surface area (Å²) in [6.45, 7) is 13.0. The maximum Gasteiger partial charge on any atom is 0.107 e. The number of pyridine rings is 1. The van der Waals surface area contributed by atoms with Crippen LogP contribution in [0.15, 0.2) is 78.3 Å². The van der Waals surface area contributed by atoms with E-state index in [-0.39, 0.29) is 26.5 Å². The standard InChI is InChI=1S/C35H30N3OS2.Pt/c1-21-22(2)38(20-37(21)6)24-10-9-11-25(17-24)39-32-19-28-31(40-32)18-27-26-12-7-8-13-30(26)41-34(27)33(28)29-16-23(14-15-36-29)35(3,4)5;/h7-16,18,20H,1-6H3;/q-3;. The Bertz CT molecular complexity index is 2000. The second-order valence-electron chi connectivity index (χ2n) is 11.6. The molecule has 216 valence electrons. The minimum Gasteiger partial charge on any atom is -0.508 e. The molecule has 0 aliphatic carbocycles. The van der Waals surface area contributed by atoms with Gasteiger partial charge in [-0.05, 0) is 71.2 Å². The van der Waals surface area contributed by atoms with Crippen LogP contribution in [0.25, 0.3) is 41.5 Å². The summed E-state index contributed by atoms with van der Waals surface area (Å²) in [4.78, 5) is 9.15. The van der Waals surface area contributed by atoms with Crippen LogP contribution in [0.3, 0.4) is 0 Å². The van der Waals surface area contributed by atoms with E-state index in [1.165, 1.54) is 37.1 Å². The molecule has 4 heterocycles. The Kier molecular flexibility index (Phi) is 7.45. The van der Waals surface area contributed by atoms with Gasteiger partial charge in [0.25, 0.3) is 0 Å². The summed E-state index contributed by atoms with van der Waals surface area (Å²) in [6.07, 6.45) is 1.93. The molecule has 1 aliphatic heterocycles. The average molecular weight is 768 g/mol. The molecule has 0 spiro atoms. The number of anilines is 1. The summed E-state index contributed by atoms with van der Waals surface area (Å²) in [7, 11) is 2.06. The van der Waals surface area contributed by atoms with Gasteiger partial charge < -0.3 is 14.5 Å². The molecule has 0 radical (unpaired) electrons. The van der Waals surface area contributed by atoms with Gasteiger partial charge in [-0.2, -0.15) is 29.5 Å². The van der Waals surface area contributed by atoms with Crippen molar-refractivity contribution in [3.8, 4) is 22.1 Å². The van der Waals surface area contributed by atoms with Gasteiger partial charge in [-0.3, -0.25) is 4.98 Å². The molecule has 0 atom stereocenters. The number of thiophene rings is 2. The van der Waals surface area contributed by atoms with Crippen molar-refractivity contribution in [3.05, 3.63) is 103 Å². The van der Waals surface area contributed by atoms with Crippen molar-refractivity contribution in [2.45, 2.75) is 40.0 Å². The third-order valence-corrected chi connectivity index (χ3v) is 9.98. The Morgan fingerprint density at radius 2 is 1.69 bits per heavy atom. The molecule has 0 amide bonds. The van der Waals surface area contributed by atoms with Crippen molar-refractivity contribution in [2.75, 3.05) is 11.9 Å². The molecule has 0 saturated heterocycles. The number of hydrogen-bond donors (Lipinski definition) is 0. The van der Waals surface area contributed by atoms with Crippen molar-refractivity contribution in [1.82, 2.24) is 9.88 Å². The topological polar surface area (TPSA) is 28.6 Å². The van der Waals surface area contributed by atoms with E-state index in [0.717, 1.165) is 32.1 Å². The number of fused-ring (bicyclic) bond motifs is 4. The summed E-state index contributed by atoms with van der Waals surface area (Å²) < 4.78 is 10.1. The molecule has 0 bridgehead atoms. The molecule has 0 N–H and O–H groups in total. The zero-order valence-electron chi connectivity index (χ0n) is 24.3. The molecule has 3 aromatic carbocycles. The Balaban J connectivity index is 0.00000316. The van der Waals surface area contributed by atoms with Crippen LogP contribution in [0.4, 0.5) is 5.69 Å². The van der Waals surface area contributed by atoms with Gasteiger partial charge in [0.1, 0.15) is 5.06 Å². The maximum atomic E-state index is 6.43. The number of ether oxygens (including phenoxy) is 1. The van der Waals surface area contributed by atoms with Gasteiger partial charge >= 0.3 is 0 Å². The quantitative estimate of drug-likeness (QED) is 0.167. The van der Waals surface area contributed by atoms with E-state index < -0.39 is 0 Å². The number of nitrogens with zero attached hydrogens (tertiary/aromatic N) is 3. The van der Waals surface area contributed by atoms with Crippen molar-refractivity contribution in [3.63, 3.8) is 0 Å². The van der Waals surface area contributed by atoms with Crippen LogP contribution in [0.5, 0.6) is 10.8 Å². The van der Waals surface area contributed by atoms with Crippen LogP contribution < -0.4 is 9.64 Å². The normalized spacial score (nSPS) is 14.0. The molecule has 6 aromatic rings. The van der Waals surface area contributed by atoms with Gasteiger partial charge in [-0.1, -0.05) is 55.3 Å². The molecule has 0 fully saturated rings. The fourth-order valence-electron chi connectivity index (χ4n) is 5.35. The molecule has 3 aromatic heterocycles. The molecular weight excluding hydrogens is 738 g/mol. The van der Waals surface area contributed by atoms with E-state index in [9.17, 15) is 0 Å². The minimum atomic E-state index is 0. The zero-order valence-corrected chi connectivity index (χ0v) is 28.2. The van der Waals surface area contributed by atoms with Crippen LogP contribution in [0.1, 0.15) is 40.2 Å². The fourth-order valence-corrected chi connectivity index (χ4v) is 7.50. The Morgan fingerprint density at radius 1 is 0.881 bits per heavy atom. The number of benzene rings is 3. The molecule has 0 unspecified atom stereocenters. The molecule has 42 heavy (non-hydrogen) atoms. The van der Waals surface area contributed by atoms with Crippen LogP contribution in [-0.2, 0) is 26.5 Å². The van der Waals surface area contributed by atoms with E-state index in [1.807, 2.05) is 29.7 Å². The Hall–Kier alpha value is -3.18. The Labute approximate surface area is 269 Å². The monoisotopic (exact) mass is 767 g/mol. The predicted octanol–water partition coefficient (Wildman–Crippen LogP) is 10.1. The van der Waals surface area contributed by atoms with Gasteiger partial charge in [0.2, 0.25) is 0 Å². The molecule has 7 heteroatoms. The zero-order chi connectivity index (χ0) is 28.5. The first-order valence-corrected chi connectivity index (χ1v) is 15.3. The van der Waals surface area contributed by atoms with Crippen LogP contribution in [-0.4, -0.2) is 16.9 Å². The van der Waals surface area contributed by atoms with Crippen LogP contribution in [0.2, 0.25) is 0 Å². The first kappa shape index (κ1) is 28.9. The fraction of sp³-hybridized carbons (Fsp3) is 0.200. The van der Waals surface area contributed by atoms with E-state index in [4.69, 9.17) is 9.72 Å². The Morgan fingerprint density at radius 3 is 2.45 bits per heavy atom. The SMILES string of the molecule is CC1=C(C)N(c2[c-]c(Oc3[c-]c4c(-c5cc(C(C)(C)C)ccn5)c5sc6ccccc6c5cc4s3)ccc2)[CH-]N1C.[Pt]. The largest absolute Gasteiger partial charge is 0.508 e. The van der Waals surface area contributed by atoms with Gasteiger partial charge in [0.15, 0.2) is 0 Å². The van der Waals surface area contributed by atoms with Crippen LogP contribution >= 0.6 is 22.7 Å². The summed E-state index contributed by atoms with van der Waals surface area (Å²) >= 11 is 3.44. The first-order valence-electron chi connectivity index (χ1n) is 13.7. The third-order valence-electron chi connectivity index (χ3n) is 7.86. The van der Waals surface area contributed by atoms with Crippen molar-refractivity contribution >= 4 is 58.6 Å². The molecule has 4 nitrogen and oxygen atoms in total. The molecule has 0 saturated carbocycles. The molecule has 1 aliphatic rings. The van der Waals surface area contributed by atoms with Gasteiger partial charge in [-0.15, -0.1) is 41.3 Å². The van der Waals surface area contributed by atoms with Gasteiger partial charge in [-0.25, -0.2) is 0 Å². The van der Waals surface area contributed by atoms with Crippen molar-refractivity contribution < 1.29 is 25.8 Å². The third kappa shape index (κ3) is 4.94. The number of rotatable bonds is 4. The number of allylic oxidation sites excluding steroid dienone is 2. The predicted molar refractivity (Wildman–Crippen MR) is 174 cm³/mol. The van der Waals surface area contributed by atoms with E-state index in [2.05, 4.69) is 119 Å². The van der Waals surface area contributed by atoms with Gasteiger partial charge in [0, 0.05) is 49.1 Å². The number of aromatic nitrogens is 1. The average Bonchev–Trinajstić information content (AvgIpc) is 3.60. The minimum absolute atomic E-state index is 0. The van der Waals surface area contributed by atoms with Crippen molar-refractivity contribution in [1.29, 1.82) is 0 Å². The first-order chi connectivity index (χ1) is 19.7. The molecule has 7 rings (SSSR count). The van der Waals surface area contributed by atoms with Crippen molar-refractivity contribution in [2.24, 2.45) is 0 Å². The van der Waals surface area contributed by atoms with E-state index in [0.29, 0.717) is 5.75 Å². The smallest absolute Gasteiger partial charge is 0.107 e. The second kappa shape index (κ2) is 10.8. The van der Waals surface area contributed by atoms with Crippen LogP contribution in [0, 0.1) is 18.8 Å². The van der Waals surface area contributed by atoms with Gasteiger partial charge in [0.05, 0.1) is 0 Å². The maximum absolute atomic E-state index is 6.43. The van der Waals surface area contributed by atoms with E-state index in [1.54, 1.807) is 11.3 Å². The summed E-state index contributed by atoms with van der Waals surface area (Å²) in [6, 6.07) is 28.4. The number of hydrogen-bond acceptors (Lipinski definition) is 6. The summed E-state index contributed by atoms with van der Waals surface area (Å²) in [5, 5.41) is 4.28. The summed E-state index contributed by atoms with van der Waals surface area (Å²) in [5.74, 6) is 0.667. The second-order valence-corrected chi connectivity index (χ2v) is 13.6.